The van der Waals surface area contributed by atoms with Gasteiger partial charge >= 0.3 is 0 Å². The van der Waals surface area contributed by atoms with Gasteiger partial charge in [-0.2, -0.15) is 0 Å². The molecule has 0 aliphatic carbocycles. The Bertz CT molecular complexity index is 504. The third-order valence-corrected chi connectivity index (χ3v) is 3.28. The molecule has 15 heavy (non-hydrogen) atoms. The van der Waals surface area contributed by atoms with E-state index in [1.54, 1.807) is 11.3 Å². The second-order valence-electron chi connectivity index (χ2n) is 3.39. The Labute approximate surface area is 91.1 Å². The standard InChI is InChI=1S/C11H11NO2S/c12-11(14)4-8-6-15-10-2-1-7(5-13)3-9(8)10/h1-3,6,13H,4-5H2,(H2,12,14). The van der Waals surface area contributed by atoms with Gasteiger partial charge in [-0.15, -0.1) is 11.3 Å². The number of nitrogens with two attached hydrogens (primary N) is 1. The lowest BCUT2D eigenvalue weighted by Gasteiger charge is -1.98. The molecule has 0 aliphatic rings. The third kappa shape index (κ3) is 2.00. The number of hydrogen-bond donors (Lipinski definition) is 2. The number of thiophene rings is 1. The van der Waals surface area contributed by atoms with Crippen LogP contribution in [0.25, 0.3) is 10.1 Å². The van der Waals surface area contributed by atoms with Crippen LogP contribution in [0.1, 0.15) is 11.1 Å². The second kappa shape index (κ2) is 4.00. The van der Waals surface area contributed by atoms with E-state index in [4.69, 9.17) is 10.8 Å². The van der Waals surface area contributed by atoms with Crippen LogP contribution >= 0.6 is 11.3 Å². The Morgan fingerprint density at radius 3 is 2.93 bits per heavy atom. The summed E-state index contributed by atoms with van der Waals surface area (Å²) in [4.78, 5) is 10.8. The first kappa shape index (κ1) is 10.1. The fourth-order valence-corrected chi connectivity index (χ4v) is 2.50. The van der Waals surface area contributed by atoms with Crippen molar-refractivity contribution in [3.8, 4) is 0 Å². The van der Waals surface area contributed by atoms with Crippen LogP contribution in [-0.2, 0) is 17.8 Å². The summed E-state index contributed by atoms with van der Waals surface area (Å²) >= 11 is 1.59. The van der Waals surface area contributed by atoms with E-state index in [1.807, 2.05) is 23.6 Å². The number of aliphatic hydroxyl groups is 1. The predicted molar refractivity (Wildman–Crippen MR) is 60.6 cm³/mol. The van der Waals surface area contributed by atoms with Gasteiger partial charge < -0.3 is 10.8 Å². The van der Waals surface area contributed by atoms with Crippen LogP contribution in [0.4, 0.5) is 0 Å². The number of aliphatic hydroxyl groups excluding tert-OH is 1. The minimum atomic E-state index is -0.330. The van der Waals surface area contributed by atoms with Crippen molar-refractivity contribution in [1.29, 1.82) is 0 Å². The maximum Gasteiger partial charge on any atom is 0.221 e. The van der Waals surface area contributed by atoms with E-state index < -0.39 is 0 Å². The van der Waals surface area contributed by atoms with Crippen LogP contribution < -0.4 is 5.73 Å². The van der Waals surface area contributed by atoms with Gasteiger partial charge in [0.2, 0.25) is 5.91 Å². The van der Waals surface area contributed by atoms with Crippen molar-refractivity contribution in [1.82, 2.24) is 0 Å². The Morgan fingerprint density at radius 1 is 1.47 bits per heavy atom. The van der Waals surface area contributed by atoms with E-state index in [0.29, 0.717) is 0 Å². The first-order valence-corrected chi connectivity index (χ1v) is 5.47. The summed E-state index contributed by atoms with van der Waals surface area (Å²) in [5.41, 5.74) is 6.96. The lowest BCUT2D eigenvalue weighted by molar-refractivity contribution is -0.117. The minimum Gasteiger partial charge on any atom is -0.392 e. The first-order valence-electron chi connectivity index (χ1n) is 4.59. The minimum absolute atomic E-state index is 0.0157. The molecule has 1 aromatic heterocycles. The highest BCUT2D eigenvalue weighted by Gasteiger charge is 2.07. The van der Waals surface area contributed by atoms with Crippen LogP contribution in [0.3, 0.4) is 0 Å². The van der Waals surface area contributed by atoms with Gasteiger partial charge in [0.05, 0.1) is 13.0 Å². The smallest absolute Gasteiger partial charge is 0.221 e. The van der Waals surface area contributed by atoms with Gasteiger partial charge in [0.1, 0.15) is 0 Å². The first-order chi connectivity index (χ1) is 7.20. The van der Waals surface area contributed by atoms with E-state index in [9.17, 15) is 4.79 Å². The molecule has 4 heteroatoms. The largest absolute Gasteiger partial charge is 0.392 e. The van der Waals surface area contributed by atoms with E-state index in [1.165, 1.54) is 0 Å². The summed E-state index contributed by atoms with van der Waals surface area (Å²) < 4.78 is 1.11. The molecular weight excluding hydrogens is 210 g/mol. The highest BCUT2D eigenvalue weighted by Crippen LogP contribution is 2.27. The quantitative estimate of drug-likeness (QED) is 0.823. The molecule has 0 saturated heterocycles. The maximum absolute atomic E-state index is 10.8. The van der Waals surface area contributed by atoms with Gasteiger partial charge in [-0.05, 0) is 34.0 Å². The van der Waals surface area contributed by atoms with Crippen LogP contribution in [0.5, 0.6) is 0 Å². The van der Waals surface area contributed by atoms with Crippen LogP contribution in [0.2, 0.25) is 0 Å². The van der Waals surface area contributed by atoms with E-state index in [0.717, 1.165) is 21.2 Å². The molecule has 1 aromatic carbocycles. The van der Waals surface area contributed by atoms with Gasteiger partial charge in [-0.25, -0.2) is 0 Å². The summed E-state index contributed by atoms with van der Waals surface area (Å²) in [7, 11) is 0. The molecular formula is C11H11NO2S. The van der Waals surface area contributed by atoms with Gasteiger partial charge in [-0.3, -0.25) is 4.79 Å². The molecule has 2 rings (SSSR count). The number of hydrogen-bond acceptors (Lipinski definition) is 3. The molecule has 0 saturated carbocycles. The average Bonchev–Trinajstić information content (AvgIpc) is 2.60. The van der Waals surface area contributed by atoms with Gasteiger partial charge in [0.15, 0.2) is 0 Å². The Morgan fingerprint density at radius 2 is 2.27 bits per heavy atom. The Kier molecular flexibility index (Phi) is 2.70. The zero-order chi connectivity index (χ0) is 10.8. The Hall–Kier alpha value is -1.39. The summed E-state index contributed by atoms with van der Waals surface area (Å²) in [5.74, 6) is -0.330. The average molecular weight is 221 g/mol. The van der Waals surface area contributed by atoms with Crippen molar-refractivity contribution in [3.63, 3.8) is 0 Å². The molecule has 3 nitrogen and oxygen atoms in total. The SMILES string of the molecule is NC(=O)Cc1csc2ccc(CO)cc12. The zero-order valence-electron chi connectivity index (χ0n) is 8.06. The molecule has 1 amide bonds. The molecule has 2 aromatic rings. The van der Waals surface area contributed by atoms with Crippen molar-refractivity contribution in [2.75, 3.05) is 0 Å². The lowest BCUT2D eigenvalue weighted by atomic mass is 10.1. The number of fused-ring (bicyclic) bond motifs is 1. The maximum atomic E-state index is 10.8. The van der Waals surface area contributed by atoms with E-state index in [-0.39, 0.29) is 18.9 Å². The highest BCUT2D eigenvalue weighted by atomic mass is 32.1. The zero-order valence-corrected chi connectivity index (χ0v) is 8.88. The topological polar surface area (TPSA) is 63.3 Å². The molecule has 0 spiro atoms. The molecule has 78 valence electrons. The van der Waals surface area contributed by atoms with Crippen molar-refractivity contribution in [3.05, 3.63) is 34.7 Å². The lowest BCUT2D eigenvalue weighted by Crippen LogP contribution is -2.13. The summed E-state index contributed by atoms with van der Waals surface area (Å²) in [5, 5.41) is 12.0. The molecule has 0 fully saturated rings. The molecule has 0 aliphatic heterocycles. The summed E-state index contributed by atoms with van der Waals surface area (Å²) in [6.45, 7) is 0.0157. The summed E-state index contributed by atoms with van der Waals surface area (Å²) in [6, 6.07) is 5.74. The molecule has 1 heterocycles. The molecule has 0 atom stereocenters. The van der Waals surface area contributed by atoms with Gasteiger partial charge in [-0.1, -0.05) is 6.07 Å². The normalized spacial score (nSPS) is 10.7. The van der Waals surface area contributed by atoms with Gasteiger partial charge in [0, 0.05) is 4.70 Å². The predicted octanol–water partition coefficient (Wildman–Crippen LogP) is 1.42. The van der Waals surface area contributed by atoms with E-state index >= 15 is 0 Å². The Balaban J connectivity index is 2.51. The number of rotatable bonds is 3. The van der Waals surface area contributed by atoms with Crippen molar-refractivity contribution >= 4 is 27.3 Å². The van der Waals surface area contributed by atoms with Gasteiger partial charge in [0.25, 0.3) is 0 Å². The number of amides is 1. The van der Waals surface area contributed by atoms with Crippen molar-refractivity contribution < 1.29 is 9.90 Å². The molecule has 0 bridgehead atoms. The monoisotopic (exact) mass is 221 g/mol. The highest BCUT2D eigenvalue weighted by molar-refractivity contribution is 7.17. The van der Waals surface area contributed by atoms with Crippen LogP contribution in [0.15, 0.2) is 23.6 Å². The third-order valence-electron chi connectivity index (χ3n) is 2.27. The van der Waals surface area contributed by atoms with Crippen LogP contribution in [0, 0.1) is 0 Å². The number of carbonyl (C=O) groups is 1. The number of carbonyl (C=O) groups excluding carboxylic acids is 1. The fourth-order valence-electron chi connectivity index (χ4n) is 1.55. The fraction of sp³-hybridized carbons (Fsp3) is 0.182. The number of benzene rings is 1. The van der Waals surface area contributed by atoms with Crippen molar-refractivity contribution in [2.45, 2.75) is 13.0 Å². The molecule has 0 radical (unpaired) electrons. The molecule has 0 unspecified atom stereocenters. The van der Waals surface area contributed by atoms with Crippen LogP contribution in [-0.4, -0.2) is 11.0 Å². The van der Waals surface area contributed by atoms with Crippen molar-refractivity contribution in [2.24, 2.45) is 5.73 Å². The molecule has 3 N–H and O–H groups in total. The summed E-state index contributed by atoms with van der Waals surface area (Å²) in [6.07, 6.45) is 0.259. The van der Waals surface area contributed by atoms with E-state index in [2.05, 4.69) is 0 Å². The second-order valence-corrected chi connectivity index (χ2v) is 4.30. The number of primary amides is 1.